The van der Waals surface area contributed by atoms with Gasteiger partial charge in [-0.2, -0.15) is 0 Å². The molecule has 6 heteroatoms. The highest BCUT2D eigenvalue weighted by molar-refractivity contribution is 5.68. The van der Waals surface area contributed by atoms with E-state index in [0.29, 0.717) is 18.8 Å². The minimum atomic E-state index is -0.469. The number of anilines is 1. The predicted octanol–water partition coefficient (Wildman–Crippen LogP) is 3.05. The summed E-state index contributed by atoms with van der Waals surface area (Å²) in [5.74, 6) is 0.658. The quantitative estimate of drug-likeness (QED) is 0.802. The van der Waals surface area contributed by atoms with Crippen molar-refractivity contribution in [1.82, 2.24) is 9.88 Å². The fraction of sp³-hybridized carbons (Fsp3) is 0.529. The van der Waals surface area contributed by atoms with Crippen molar-refractivity contribution >= 4 is 11.8 Å². The SMILES string of the molecule is C=COc1cncc(N2CCCN(C(=O)OC(C)(C)C)CC2)c1. The van der Waals surface area contributed by atoms with Gasteiger partial charge in [-0.15, -0.1) is 0 Å². The number of hydrogen-bond donors (Lipinski definition) is 0. The smallest absolute Gasteiger partial charge is 0.410 e. The molecular weight excluding hydrogens is 294 g/mol. The van der Waals surface area contributed by atoms with Crippen molar-refractivity contribution in [3.8, 4) is 5.75 Å². The fourth-order valence-electron chi connectivity index (χ4n) is 2.43. The number of carbonyl (C=O) groups is 1. The third kappa shape index (κ3) is 5.16. The van der Waals surface area contributed by atoms with Crippen LogP contribution in [0, 0.1) is 0 Å². The Morgan fingerprint density at radius 3 is 2.74 bits per heavy atom. The number of pyridine rings is 1. The second kappa shape index (κ2) is 7.35. The maximum absolute atomic E-state index is 12.2. The molecule has 1 aromatic heterocycles. The van der Waals surface area contributed by atoms with Crippen molar-refractivity contribution in [2.45, 2.75) is 32.8 Å². The molecule has 1 aliphatic heterocycles. The lowest BCUT2D eigenvalue weighted by molar-refractivity contribution is 0.0263. The van der Waals surface area contributed by atoms with Crippen LogP contribution in [-0.2, 0) is 4.74 Å². The molecule has 0 atom stereocenters. The van der Waals surface area contributed by atoms with Crippen LogP contribution in [-0.4, -0.2) is 47.8 Å². The van der Waals surface area contributed by atoms with Crippen LogP contribution in [0.25, 0.3) is 0 Å². The van der Waals surface area contributed by atoms with E-state index in [0.717, 1.165) is 25.2 Å². The van der Waals surface area contributed by atoms with Crippen LogP contribution in [0.4, 0.5) is 10.5 Å². The van der Waals surface area contributed by atoms with Crippen molar-refractivity contribution < 1.29 is 14.3 Å². The van der Waals surface area contributed by atoms with Crippen LogP contribution in [0.3, 0.4) is 0 Å². The third-order valence-electron chi connectivity index (χ3n) is 3.43. The number of rotatable bonds is 3. The molecule has 1 aliphatic rings. The highest BCUT2D eigenvalue weighted by Crippen LogP contribution is 2.21. The molecule has 23 heavy (non-hydrogen) atoms. The highest BCUT2D eigenvalue weighted by Gasteiger charge is 2.24. The summed E-state index contributed by atoms with van der Waals surface area (Å²) in [6.45, 7) is 12.1. The Morgan fingerprint density at radius 1 is 1.26 bits per heavy atom. The van der Waals surface area contributed by atoms with Crippen molar-refractivity contribution in [2.75, 3.05) is 31.1 Å². The molecule has 0 N–H and O–H groups in total. The van der Waals surface area contributed by atoms with Gasteiger partial charge in [-0.25, -0.2) is 4.79 Å². The van der Waals surface area contributed by atoms with Crippen LogP contribution < -0.4 is 9.64 Å². The average molecular weight is 319 g/mol. The summed E-state index contributed by atoms with van der Waals surface area (Å²) in [6, 6.07) is 1.93. The standard InChI is InChI=1S/C17H25N3O3/c1-5-22-15-11-14(12-18-13-15)19-7-6-8-20(10-9-19)16(21)23-17(2,3)4/h5,11-13H,1,6-10H2,2-4H3. The monoisotopic (exact) mass is 319 g/mol. The highest BCUT2D eigenvalue weighted by atomic mass is 16.6. The summed E-state index contributed by atoms with van der Waals surface area (Å²) in [7, 11) is 0. The minimum absolute atomic E-state index is 0.249. The first-order valence-corrected chi connectivity index (χ1v) is 7.84. The zero-order valence-electron chi connectivity index (χ0n) is 14.1. The molecule has 0 aromatic carbocycles. The van der Waals surface area contributed by atoms with E-state index in [9.17, 15) is 4.79 Å². The Hall–Kier alpha value is -2.24. The van der Waals surface area contributed by atoms with E-state index >= 15 is 0 Å². The van der Waals surface area contributed by atoms with Gasteiger partial charge in [-0.3, -0.25) is 4.98 Å². The summed E-state index contributed by atoms with van der Waals surface area (Å²) in [5.41, 5.74) is 0.513. The normalized spacial score (nSPS) is 15.8. The Balaban J connectivity index is 1.99. The Labute approximate surface area is 137 Å². The maximum atomic E-state index is 12.2. The van der Waals surface area contributed by atoms with Gasteiger partial charge < -0.3 is 19.3 Å². The van der Waals surface area contributed by atoms with E-state index in [-0.39, 0.29) is 6.09 Å². The first kappa shape index (κ1) is 17.1. The molecule has 1 aromatic rings. The van der Waals surface area contributed by atoms with Crippen LogP contribution >= 0.6 is 0 Å². The maximum Gasteiger partial charge on any atom is 0.410 e. The lowest BCUT2D eigenvalue weighted by Gasteiger charge is -2.26. The number of hydrogen-bond acceptors (Lipinski definition) is 5. The number of aromatic nitrogens is 1. The second-order valence-electron chi connectivity index (χ2n) is 6.47. The molecule has 0 unspecified atom stereocenters. The van der Waals surface area contributed by atoms with E-state index in [1.165, 1.54) is 6.26 Å². The van der Waals surface area contributed by atoms with E-state index in [1.807, 2.05) is 26.8 Å². The van der Waals surface area contributed by atoms with Crippen LogP contribution in [0.5, 0.6) is 5.75 Å². The molecule has 6 nitrogen and oxygen atoms in total. The largest absolute Gasteiger partial charge is 0.464 e. The van der Waals surface area contributed by atoms with Gasteiger partial charge in [0.05, 0.1) is 24.3 Å². The lowest BCUT2D eigenvalue weighted by Crippen LogP contribution is -2.39. The van der Waals surface area contributed by atoms with Crippen LogP contribution in [0.2, 0.25) is 0 Å². The van der Waals surface area contributed by atoms with E-state index in [2.05, 4.69) is 16.5 Å². The first-order chi connectivity index (χ1) is 10.9. The van der Waals surface area contributed by atoms with Gasteiger partial charge in [0, 0.05) is 32.2 Å². The number of nitrogens with zero attached hydrogens (tertiary/aromatic N) is 3. The van der Waals surface area contributed by atoms with Crippen molar-refractivity contribution in [3.05, 3.63) is 31.3 Å². The van der Waals surface area contributed by atoms with Crippen molar-refractivity contribution in [1.29, 1.82) is 0 Å². The van der Waals surface area contributed by atoms with E-state index < -0.39 is 5.60 Å². The molecule has 0 spiro atoms. The summed E-state index contributed by atoms with van der Waals surface area (Å²) < 4.78 is 10.7. The summed E-state index contributed by atoms with van der Waals surface area (Å²) in [6.07, 6.45) is 5.47. The van der Waals surface area contributed by atoms with Crippen LogP contribution in [0.1, 0.15) is 27.2 Å². The third-order valence-corrected chi connectivity index (χ3v) is 3.43. The van der Waals surface area contributed by atoms with Gasteiger partial charge in [0.2, 0.25) is 0 Å². The van der Waals surface area contributed by atoms with Gasteiger partial charge in [-0.1, -0.05) is 6.58 Å². The molecule has 0 saturated carbocycles. The molecule has 1 saturated heterocycles. The van der Waals surface area contributed by atoms with Gasteiger partial charge in [-0.05, 0) is 27.2 Å². The summed E-state index contributed by atoms with van der Waals surface area (Å²) in [5, 5.41) is 0. The van der Waals surface area contributed by atoms with E-state index in [4.69, 9.17) is 9.47 Å². The Bertz CT molecular complexity index is 554. The van der Waals surface area contributed by atoms with Gasteiger partial charge in [0.25, 0.3) is 0 Å². The van der Waals surface area contributed by atoms with Crippen molar-refractivity contribution in [3.63, 3.8) is 0 Å². The van der Waals surface area contributed by atoms with Gasteiger partial charge in [0.1, 0.15) is 11.4 Å². The molecule has 0 bridgehead atoms. The Morgan fingerprint density at radius 2 is 2.04 bits per heavy atom. The van der Waals surface area contributed by atoms with Crippen LogP contribution in [0.15, 0.2) is 31.3 Å². The number of carbonyl (C=O) groups excluding carboxylic acids is 1. The zero-order valence-corrected chi connectivity index (χ0v) is 14.1. The van der Waals surface area contributed by atoms with Gasteiger partial charge >= 0.3 is 6.09 Å². The predicted molar refractivity (Wildman–Crippen MR) is 89.7 cm³/mol. The summed E-state index contributed by atoms with van der Waals surface area (Å²) >= 11 is 0. The van der Waals surface area contributed by atoms with E-state index in [1.54, 1.807) is 17.3 Å². The number of ether oxygens (including phenoxy) is 2. The second-order valence-corrected chi connectivity index (χ2v) is 6.47. The minimum Gasteiger partial charge on any atom is -0.464 e. The first-order valence-electron chi connectivity index (χ1n) is 7.84. The van der Waals surface area contributed by atoms with Crippen molar-refractivity contribution in [2.24, 2.45) is 0 Å². The molecule has 0 radical (unpaired) electrons. The molecule has 0 aliphatic carbocycles. The van der Waals surface area contributed by atoms with Gasteiger partial charge in [0.15, 0.2) is 0 Å². The molecule has 2 rings (SSSR count). The average Bonchev–Trinajstić information content (AvgIpc) is 2.72. The molecular formula is C17H25N3O3. The molecule has 1 fully saturated rings. The molecule has 2 heterocycles. The Kier molecular flexibility index (Phi) is 5.47. The number of amides is 1. The molecule has 126 valence electrons. The summed E-state index contributed by atoms with van der Waals surface area (Å²) in [4.78, 5) is 20.4. The lowest BCUT2D eigenvalue weighted by atomic mass is 10.2. The molecule has 1 amide bonds. The zero-order chi connectivity index (χ0) is 16.9. The fourth-order valence-corrected chi connectivity index (χ4v) is 2.43. The topological polar surface area (TPSA) is 54.9 Å².